The van der Waals surface area contributed by atoms with Crippen molar-refractivity contribution in [3.05, 3.63) is 40.1 Å². The van der Waals surface area contributed by atoms with Gasteiger partial charge in [-0.25, -0.2) is 14.1 Å². The van der Waals surface area contributed by atoms with Gasteiger partial charge < -0.3 is 0 Å². The van der Waals surface area contributed by atoms with E-state index in [1.165, 1.54) is 10.2 Å². The number of likely N-dealkylation sites (tertiary alicyclic amines) is 1. The van der Waals surface area contributed by atoms with Crippen LogP contribution in [0.1, 0.15) is 31.2 Å². The number of benzene rings is 1. The minimum atomic E-state index is -0.0160. The van der Waals surface area contributed by atoms with Gasteiger partial charge >= 0.3 is 5.69 Å². The zero-order valence-corrected chi connectivity index (χ0v) is 15.3. The molecular formula is C18H24N6O2. The number of rotatable bonds is 5. The molecule has 1 aliphatic heterocycles. The number of fused-ring (bicyclic) bond motifs is 1. The van der Waals surface area contributed by atoms with E-state index < -0.39 is 0 Å². The molecule has 0 N–H and O–H groups in total. The van der Waals surface area contributed by atoms with Crippen LogP contribution in [0.3, 0.4) is 0 Å². The van der Waals surface area contributed by atoms with Gasteiger partial charge in [-0.2, -0.15) is 5.10 Å². The first kappa shape index (κ1) is 17.0. The summed E-state index contributed by atoms with van der Waals surface area (Å²) < 4.78 is 8.00. The second-order valence-corrected chi connectivity index (χ2v) is 7.08. The normalized spacial score (nSPS) is 16.5. The topological polar surface area (TPSA) is 82.0 Å². The number of aryl methyl sites for hydroxylation is 1. The Labute approximate surface area is 151 Å². The highest BCUT2D eigenvalue weighted by Gasteiger charge is 2.22. The van der Waals surface area contributed by atoms with Gasteiger partial charge in [0.2, 0.25) is 0 Å². The molecule has 0 unspecified atom stereocenters. The first-order valence-electron chi connectivity index (χ1n) is 9.20. The quantitative estimate of drug-likeness (QED) is 0.690. The molecule has 0 bridgehead atoms. The Morgan fingerprint density at radius 2 is 1.96 bits per heavy atom. The van der Waals surface area contributed by atoms with Crippen molar-refractivity contribution in [2.75, 3.05) is 13.1 Å². The third-order valence-corrected chi connectivity index (χ3v) is 5.30. The van der Waals surface area contributed by atoms with Crippen molar-refractivity contribution in [3.63, 3.8) is 0 Å². The summed E-state index contributed by atoms with van der Waals surface area (Å²) in [5, 5.41) is 12.2. The van der Waals surface area contributed by atoms with E-state index in [9.17, 15) is 4.79 Å². The van der Waals surface area contributed by atoms with Crippen LogP contribution in [0.2, 0.25) is 0 Å². The molecular weight excluding hydrogens is 332 g/mol. The van der Waals surface area contributed by atoms with Gasteiger partial charge in [-0.15, -0.1) is 0 Å². The Bertz CT molecular complexity index is 948. The minimum absolute atomic E-state index is 0.0160. The molecule has 1 aromatic carbocycles. The molecule has 8 heteroatoms. The van der Waals surface area contributed by atoms with Crippen molar-refractivity contribution in [1.82, 2.24) is 29.6 Å². The Morgan fingerprint density at radius 1 is 1.19 bits per heavy atom. The molecule has 0 radical (unpaired) electrons. The predicted octanol–water partition coefficient (Wildman–Crippen LogP) is 1.59. The second kappa shape index (κ2) is 7.03. The van der Waals surface area contributed by atoms with Gasteiger partial charge in [-0.1, -0.05) is 6.07 Å². The summed E-state index contributed by atoms with van der Waals surface area (Å²) in [6.07, 6.45) is 3.14. The summed E-state index contributed by atoms with van der Waals surface area (Å²) in [6, 6.07) is 6.09. The van der Waals surface area contributed by atoms with Crippen LogP contribution in [0, 0.1) is 5.92 Å². The maximum Gasteiger partial charge on any atom is 0.345 e. The molecule has 138 valence electrons. The molecule has 4 rings (SSSR count). The summed E-state index contributed by atoms with van der Waals surface area (Å²) in [7, 11) is 1.72. The van der Waals surface area contributed by atoms with Gasteiger partial charge in [-0.05, 0) is 66.8 Å². The van der Waals surface area contributed by atoms with Crippen molar-refractivity contribution >= 4 is 11.0 Å². The number of nitrogens with zero attached hydrogens (tertiary/aromatic N) is 6. The smallest absolute Gasteiger partial charge is 0.299 e. The van der Waals surface area contributed by atoms with Crippen molar-refractivity contribution in [2.24, 2.45) is 13.0 Å². The van der Waals surface area contributed by atoms with Gasteiger partial charge in [0.1, 0.15) is 16.9 Å². The van der Waals surface area contributed by atoms with Crippen molar-refractivity contribution in [3.8, 4) is 0 Å². The van der Waals surface area contributed by atoms with E-state index in [0.29, 0.717) is 12.5 Å². The Kier molecular flexibility index (Phi) is 4.58. The molecule has 8 nitrogen and oxygen atoms in total. The van der Waals surface area contributed by atoms with Gasteiger partial charge in [0.15, 0.2) is 0 Å². The lowest BCUT2D eigenvalue weighted by atomic mass is 9.93. The molecule has 2 aromatic heterocycles. The fraction of sp³-hybridized carbons (Fsp3) is 0.556. The highest BCUT2D eigenvalue weighted by atomic mass is 16.6. The standard InChI is InChI=1S/C18H24N6O2/c1-3-24-17(19-22(2)18(24)25)11-13-6-8-23(9-7-13)12-14-4-5-15-16(10-14)21-26-20-15/h4-5,10,13H,3,6-9,11-12H2,1-2H3. The van der Waals surface area contributed by atoms with E-state index in [0.717, 1.165) is 55.8 Å². The Morgan fingerprint density at radius 3 is 2.73 bits per heavy atom. The van der Waals surface area contributed by atoms with Gasteiger partial charge in [0, 0.05) is 26.6 Å². The monoisotopic (exact) mass is 356 g/mol. The summed E-state index contributed by atoms with van der Waals surface area (Å²) in [5.41, 5.74) is 2.82. The fourth-order valence-corrected chi connectivity index (χ4v) is 3.81. The maximum atomic E-state index is 12.0. The van der Waals surface area contributed by atoms with Crippen molar-refractivity contribution < 1.29 is 4.63 Å². The third-order valence-electron chi connectivity index (χ3n) is 5.30. The molecule has 1 saturated heterocycles. The Balaban J connectivity index is 1.35. The maximum absolute atomic E-state index is 12.0. The number of hydrogen-bond donors (Lipinski definition) is 0. The molecule has 1 fully saturated rings. The van der Waals surface area contributed by atoms with Crippen LogP contribution in [0.5, 0.6) is 0 Å². The molecule has 0 saturated carbocycles. The van der Waals surface area contributed by atoms with Gasteiger partial charge in [0.25, 0.3) is 0 Å². The van der Waals surface area contributed by atoms with E-state index in [2.05, 4.69) is 26.4 Å². The van der Waals surface area contributed by atoms with Crippen LogP contribution >= 0.6 is 0 Å². The van der Waals surface area contributed by atoms with Crippen LogP contribution in [0.15, 0.2) is 27.6 Å². The van der Waals surface area contributed by atoms with Gasteiger partial charge in [-0.3, -0.25) is 9.47 Å². The van der Waals surface area contributed by atoms with Crippen molar-refractivity contribution in [2.45, 2.75) is 39.3 Å². The van der Waals surface area contributed by atoms with E-state index in [1.54, 1.807) is 11.6 Å². The van der Waals surface area contributed by atoms with E-state index in [-0.39, 0.29) is 5.69 Å². The number of aromatic nitrogens is 5. The highest BCUT2D eigenvalue weighted by molar-refractivity contribution is 5.73. The lowest BCUT2D eigenvalue weighted by Crippen LogP contribution is -2.34. The lowest BCUT2D eigenvalue weighted by molar-refractivity contribution is 0.175. The summed E-state index contributed by atoms with van der Waals surface area (Å²) in [6.45, 7) is 5.71. The fourth-order valence-electron chi connectivity index (χ4n) is 3.81. The first-order chi connectivity index (χ1) is 12.6. The zero-order valence-electron chi connectivity index (χ0n) is 15.3. The molecule has 0 amide bonds. The molecule has 0 aliphatic carbocycles. The summed E-state index contributed by atoms with van der Waals surface area (Å²) in [4.78, 5) is 14.5. The molecule has 26 heavy (non-hydrogen) atoms. The van der Waals surface area contributed by atoms with Gasteiger partial charge in [0.05, 0.1) is 0 Å². The average Bonchev–Trinajstić information content (AvgIpc) is 3.21. The number of piperidine rings is 1. The second-order valence-electron chi connectivity index (χ2n) is 7.08. The van der Waals surface area contributed by atoms with Crippen LogP contribution < -0.4 is 5.69 Å². The average molecular weight is 356 g/mol. The lowest BCUT2D eigenvalue weighted by Gasteiger charge is -2.31. The first-order valence-corrected chi connectivity index (χ1v) is 9.20. The Hall–Kier alpha value is -2.48. The molecule has 0 spiro atoms. The zero-order chi connectivity index (χ0) is 18.1. The molecule has 0 atom stereocenters. The summed E-state index contributed by atoms with van der Waals surface area (Å²) >= 11 is 0. The highest BCUT2D eigenvalue weighted by Crippen LogP contribution is 2.22. The minimum Gasteiger partial charge on any atom is -0.299 e. The van der Waals surface area contributed by atoms with Crippen molar-refractivity contribution in [1.29, 1.82) is 0 Å². The summed E-state index contributed by atoms with van der Waals surface area (Å²) in [5.74, 6) is 1.50. The SMILES string of the molecule is CCn1c(CC2CCN(Cc3ccc4nonc4c3)CC2)nn(C)c1=O. The van der Waals surface area contributed by atoms with Crippen LogP contribution in [0.4, 0.5) is 0 Å². The predicted molar refractivity (Wildman–Crippen MR) is 96.7 cm³/mol. The largest absolute Gasteiger partial charge is 0.345 e. The third kappa shape index (κ3) is 3.29. The molecule has 1 aliphatic rings. The van der Waals surface area contributed by atoms with Crippen LogP contribution in [0.25, 0.3) is 11.0 Å². The van der Waals surface area contributed by atoms with E-state index in [4.69, 9.17) is 4.63 Å². The van der Waals surface area contributed by atoms with Crippen LogP contribution in [-0.4, -0.2) is 42.7 Å². The molecule has 3 heterocycles. The number of hydrogen-bond acceptors (Lipinski definition) is 6. The molecule has 3 aromatic rings. The van der Waals surface area contributed by atoms with E-state index in [1.807, 2.05) is 19.1 Å². The van der Waals surface area contributed by atoms with Crippen LogP contribution in [-0.2, 0) is 26.6 Å². The van der Waals surface area contributed by atoms with E-state index >= 15 is 0 Å².